The number of aromatic amines is 1. The first-order valence-corrected chi connectivity index (χ1v) is 9.62. The topological polar surface area (TPSA) is 96.2 Å². The fraction of sp³-hybridized carbons (Fsp3) is 0.421. The van der Waals surface area contributed by atoms with Crippen LogP contribution in [-0.4, -0.2) is 21.2 Å². The molecule has 0 unspecified atom stereocenters. The number of hydrogen-bond acceptors (Lipinski definition) is 4. The molecule has 0 saturated heterocycles. The van der Waals surface area contributed by atoms with E-state index in [0.717, 1.165) is 12.8 Å². The van der Waals surface area contributed by atoms with Gasteiger partial charge in [-0.2, -0.15) is 0 Å². The highest BCUT2D eigenvalue weighted by molar-refractivity contribution is 7.80. The molecule has 0 saturated carbocycles. The molecule has 28 heavy (non-hydrogen) atoms. The van der Waals surface area contributed by atoms with Gasteiger partial charge < -0.3 is 16.0 Å². The van der Waals surface area contributed by atoms with Gasteiger partial charge in [0.25, 0.3) is 5.56 Å². The van der Waals surface area contributed by atoms with Gasteiger partial charge >= 0.3 is 5.69 Å². The zero-order chi connectivity index (χ0) is 20.8. The van der Waals surface area contributed by atoms with E-state index in [1.165, 1.54) is 16.7 Å². The van der Waals surface area contributed by atoms with E-state index in [-0.39, 0.29) is 28.4 Å². The summed E-state index contributed by atoms with van der Waals surface area (Å²) in [4.78, 5) is 28.7. The average molecular weight is 408 g/mol. The van der Waals surface area contributed by atoms with E-state index in [9.17, 15) is 14.0 Å². The Bertz CT molecular complexity index is 937. The maximum Gasteiger partial charge on any atom is 0.330 e. The summed E-state index contributed by atoms with van der Waals surface area (Å²) < 4.78 is 14.5. The standard InChI is InChI=1S/C19H26FN5O2S/c1-4-5-10-24(19(28)22-14-8-6-13(20)7-9-14)15-16(21)25(11-12(2)3)18(27)23-17(15)26/h6-9,12H,4-5,10-11,21H2,1-3H3,(H,22,28)(H,23,26,27). The predicted molar refractivity (Wildman–Crippen MR) is 115 cm³/mol. The number of aromatic nitrogens is 2. The Morgan fingerprint density at radius 1 is 1.32 bits per heavy atom. The number of thiocarbonyl (C=S) groups is 1. The zero-order valence-corrected chi connectivity index (χ0v) is 17.1. The number of benzene rings is 1. The van der Waals surface area contributed by atoms with Gasteiger partial charge in [0, 0.05) is 18.8 Å². The molecule has 152 valence electrons. The summed E-state index contributed by atoms with van der Waals surface area (Å²) in [6.45, 7) is 6.73. The zero-order valence-electron chi connectivity index (χ0n) is 16.3. The summed E-state index contributed by atoms with van der Waals surface area (Å²) in [5.41, 5.74) is 5.79. The van der Waals surface area contributed by atoms with Gasteiger partial charge in [0.1, 0.15) is 11.6 Å². The van der Waals surface area contributed by atoms with Crippen LogP contribution >= 0.6 is 12.2 Å². The van der Waals surface area contributed by atoms with E-state index in [4.69, 9.17) is 18.0 Å². The quantitative estimate of drug-likeness (QED) is 0.611. The lowest BCUT2D eigenvalue weighted by atomic mass is 10.2. The molecule has 2 rings (SSSR count). The van der Waals surface area contributed by atoms with Gasteiger partial charge in [-0.3, -0.25) is 14.3 Å². The molecular weight excluding hydrogens is 381 g/mol. The number of nitrogens with two attached hydrogens (primary N) is 1. The Morgan fingerprint density at radius 3 is 2.54 bits per heavy atom. The van der Waals surface area contributed by atoms with Crippen molar-refractivity contribution in [3.63, 3.8) is 0 Å². The smallest absolute Gasteiger partial charge is 0.330 e. The summed E-state index contributed by atoms with van der Waals surface area (Å²) in [7, 11) is 0. The van der Waals surface area contributed by atoms with Crippen molar-refractivity contribution in [2.24, 2.45) is 5.92 Å². The Labute approximate surface area is 168 Å². The fourth-order valence-corrected chi connectivity index (χ4v) is 3.04. The number of H-pyrrole nitrogens is 1. The minimum atomic E-state index is -0.595. The molecule has 0 aliphatic carbocycles. The minimum Gasteiger partial charge on any atom is -0.383 e. The van der Waals surface area contributed by atoms with Gasteiger partial charge in [0.05, 0.1) is 0 Å². The molecule has 1 aromatic carbocycles. The van der Waals surface area contributed by atoms with Crippen molar-refractivity contribution in [2.75, 3.05) is 22.5 Å². The number of nitrogen functional groups attached to an aromatic ring is 1. The molecular formula is C19H26FN5O2S. The molecule has 1 heterocycles. The highest BCUT2D eigenvalue weighted by Crippen LogP contribution is 2.20. The lowest BCUT2D eigenvalue weighted by Gasteiger charge is -2.27. The Kier molecular flexibility index (Phi) is 7.33. The third-order valence-electron chi connectivity index (χ3n) is 4.11. The van der Waals surface area contributed by atoms with Gasteiger partial charge in [-0.1, -0.05) is 27.2 Å². The first kappa shape index (κ1) is 21.6. The monoisotopic (exact) mass is 407 g/mol. The van der Waals surface area contributed by atoms with Gasteiger partial charge in [-0.25, -0.2) is 9.18 Å². The summed E-state index contributed by atoms with van der Waals surface area (Å²) in [6, 6.07) is 5.72. The van der Waals surface area contributed by atoms with Crippen LogP contribution in [0.5, 0.6) is 0 Å². The molecule has 0 aliphatic heterocycles. The lowest BCUT2D eigenvalue weighted by Crippen LogP contribution is -2.43. The van der Waals surface area contributed by atoms with Crippen LogP contribution in [0.15, 0.2) is 33.9 Å². The largest absolute Gasteiger partial charge is 0.383 e. The predicted octanol–water partition coefficient (Wildman–Crippen LogP) is 2.92. The lowest BCUT2D eigenvalue weighted by molar-refractivity contribution is 0.507. The third-order valence-corrected chi connectivity index (χ3v) is 4.43. The summed E-state index contributed by atoms with van der Waals surface area (Å²) in [6.07, 6.45) is 1.63. The molecule has 1 aromatic heterocycles. The third kappa shape index (κ3) is 5.19. The number of halogens is 1. The first-order valence-electron chi connectivity index (χ1n) is 9.21. The fourth-order valence-electron chi connectivity index (χ4n) is 2.74. The molecule has 0 bridgehead atoms. The van der Waals surface area contributed by atoms with E-state index < -0.39 is 11.2 Å². The van der Waals surface area contributed by atoms with Crippen molar-refractivity contribution >= 4 is 34.5 Å². The Hall–Kier alpha value is -2.68. The highest BCUT2D eigenvalue weighted by atomic mass is 32.1. The molecule has 4 N–H and O–H groups in total. The van der Waals surface area contributed by atoms with Gasteiger partial charge in [-0.05, 0) is 48.8 Å². The SMILES string of the molecule is CCCCN(C(=S)Nc1ccc(F)cc1)c1c(N)n(CC(C)C)c(=O)[nH]c1=O. The summed E-state index contributed by atoms with van der Waals surface area (Å²) in [5.74, 6) is -0.130. The van der Waals surface area contributed by atoms with Crippen LogP contribution in [0.25, 0.3) is 0 Å². The molecule has 0 amide bonds. The maximum atomic E-state index is 13.1. The molecule has 9 heteroatoms. The van der Waals surface area contributed by atoms with Crippen LogP contribution in [0.1, 0.15) is 33.6 Å². The van der Waals surface area contributed by atoms with E-state index in [1.54, 1.807) is 17.0 Å². The van der Waals surface area contributed by atoms with E-state index >= 15 is 0 Å². The highest BCUT2D eigenvalue weighted by Gasteiger charge is 2.22. The number of nitrogens with zero attached hydrogens (tertiary/aromatic N) is 2. The maximum absolute atomic E-state index is 13.1. The summed E-state index contributed by atoms with van der Waals surface area (Å²) >= 11 is 5.49. The number of unbranched alkanes of at least 4 members (excludes halogenated alkanes) is 1. The number of nitrogens with one attached hydrogen (secondary N) is 2. The van der Waals surface area contributed by atoms with Crippen molar-refractivity contribution in [1.29, 1.82) is 0 Å². The van der Waals surface area contributed by atoms with Crippen molar-refractivity contribution < 1.29 is 4.39 Å². The van der Waals surface area contributed by atoms with Crippen LogP contribution in [0.4, 0.5) is 21.6 Å². The Balaban J connectivity index is 2.46. The molecule has 0 fully saturated rings. The van der Waals surface area contributed by atoms with Gasteiger partial charge in [0.15, 0.2) is 10.8 Å². The van der Waals surface area contributed by atoms with Crippen LogP contribution < -0.4 is 27.2 Å². The van der Waals surface area contributed by atoms with Gasteiger partial charge in [0.2, 0.25) is 0 Å². The Morgan fingerprint density at radius 2 is 1.96 bits per heavy atom. The molecule has 0 aliphatic rings. The van der Waals surface area contributed by atoms with Crippen LogP contribution in [-0.2, 0) is 6.54 Å². The van der Waals surface area contributed by atoms with Crippen molar-refractivity contribution in [3.8, 4) is 0 Å². The molecule has 0 atom stereocenters. The minimum absolute atomic E-state index is 0.0711. The van der Waals surface area contributed by atoms with Crippen LogP contribution in [0.3, 0.4) is 0 Å². The van der Waals surface area contributed by atoms with E-state index in [1.807, 2.05) is 20.8 Å². The van der Waals surface area contributed by atoms with Crippen LogP contribution in [0.2, 0.25) is 0 Å². The molecule has 7 nitrogen and oxygen atoms in total. The molecule has 2 aromatic rings. The second kappa shape index (κ2) is 9.50. The molecule has 0 radical (unpaired) electrons. The second-order valence-electron chi connectivity index (χ2n) is 6.94. The van der Waals surface area contributed by atoms with Gasteiger partial charge in [-0.15, -0.1) is 0 Å². The first-order chi connectivity index (χ1) is 13.2. The average Bonchev–Trinajstić information content (AvgIpc) is 2.63. The van der Waals surface area contributed by atoms with E-state index in [0.29, 0.717) is 18.8 Å². The number of rotatable bonds is 7. The normalized spacial score (nSPS) is 10.9. The van der Waals surface area contributed by atoms with Crippen LogP contribution in [0, 0.1) is 11.7 Å². The van der Waals surface area contributed by atoms with Crippen molar-refractivity contribution in [2.45, 2.75) is 40.2 Å². The van der Waals surface area contributed by atoms with Crippen molar-refractivity contribution in [1.82, 2.24) is 9.55 Å². The molecule has 0 spiro atoms. The van der Waals surface area contributed by atoms with Crippen molar-refractivity contribution in [3.05, 3.63) is 50.9 Å². The number of hydrogen-bond donors (Lipinski definition) is 3. The number of anilines is 3. The second-order valence-corrected chi connectivity index (χ2v) is 7.33. The summed E-state index contributed by atoms with van der Waals surface area (Å²) in [5, 5.41) is 3.24. The van der Waals surface area contributed by atoms with E-state index in [2.05, 4.69) is 10.3 Å².